The molecule has 5 aliphatic heterocycles. The van der Waals surface area contributed by atoms with Crippen molar-refractivity contribution in [2.75, 3.05) is 31.1 Å². The number of nitrogens with zero attached hydrogens (tertiary/aromatic N) is 2. The molecule has 0 saturated heterocycles. The van der Waals surface area contributed by atoms with E-state index < -0.39 is 11.9 Å². The minimum atomic E-state index is -1.33. The van der Waals surface area contributed by atoms with E-state index >= 15 is 0 Å². The first-order chi connectivity index (χ1) is 21.3. The van der Waals surface area contributed by atoms with Crippen LogP contribution in [-0.4, -0.2) is 48.3 Å². The van der Waals surface area contributed by atoms with Gasteiger partial charge in [0.1, 0.15) is 24.6 Å². The van der Waals surface area contributed by atoms with Gasteiger partial charge < -0.3 is 19.8 Å². The van der Waals surface area contributed by atoms with Gasteiger partial charge in [-0.25, -0.2) is 14.2 Å². The molecule has 3 aromatic carbocycles. The second-order valence-corrected chi connectivity index (χ2v) is 13.4. The van der Waals surface area contributed by atoms with E-state index in [4.69, 9.17) is 27.9 Å². The Hall–Kier alpha value is -3.55. The molecule has 0 aliphatic carbocycles. The Morgan fingerprint density at radius 2 is 1.55 bits per heavy atom. The van der Waals surface area contributed by atoms with Gasteiger partial charge in [-0.15, -0.1) is 0 Å². The molecule has 0 unspecified atom stereocenters. The maximum atomic E-state index is 12.9. The Morgan fingerprint density at radius 1 is 0.795 bits per heavy atom. The Morgan fingerprint density at radius 3 is 2.36 bits per heavy atom. The number of carboxylic acid groups (broad SMARTS) is 2. The minimum Gasteiger partial charge on any atom is -0.478 e. The van der Waals surface area contributed by atoms with E-state index in [9.17, 15) is 19.8 Å². The molecule has 0 amide bonds. The predicted octanol–water partition coefficient (Wildman–Crippen LogP) is 5.61. The number of carbonyl (C=O) groups is 2. The number of benzene rings is 3. The summed E-state index contributed by atoms with van der Waals surface area (Å²) in [5.41, 5.74) is 7.20. The van der Waals surface area contributed by atoms with Crippen LogP contribution in [0, 0.1) is 0 Å². The number of ether oxygens (including phenoxy) is 1. The van der Waals surface area contributed by atoms with E-state index in [1.807, 2.05) is 0 Å². The highest BCUT2D eigenvalue weighted by atomic mass is 35.5. The van der Waals surface area contributed by atoms with Gasteiger partial charge in [0, 0.05) is 64.7 Å². The second kappa shape index (κ2) is 10.5. The number of hydrogen-bond donors (Lipinski definition) is 2. The van der Waals surface area contributed by atoms with Crippen LogP contribution in [0.2, 0.25) is 10.0 Å². The fourth-order valence-electron chi connectivity index (χ4n) is 8.33. The summed E-state index contributed by atoms with van der Waals surface area (Å²) in [5, 5.41) is 22.2. The molecule has 3 aromatic rings. The van der Waals surface area contributed by atoms with Crippen molar-refractivity contribution in [3.05, 3.63) is 83.3 Å². The van der Waals surface area contributed by atoms with Crippen LogP contribution in [-0.2, 0) is 25.7 Å². The van der Waals surface area contributed by atoms with Crippen molar-refractivity contribution in [3.8, 4) is 11.5 Å². The number of aryl methyl sites for hydroxylation is 2. The summed E-state index contributed by atoms with van der Waals surface area (Å²) in [4.78, 5) is 27.5. The van der Waals surface area contributed by atoms with Crippen molar-refractivity contribution >= 4 is 46.4 Å². The standard InChI is InChI=1S/C35H32Cl2N2O5/c36-25-17-24(34(40)41)29(37)28(35(42)43)27(25)26-22-15-18-7-1-3-11-38-13-5-9-20(30(18)38)32(22)44-33-21-10-6-14-39-12-4-2-8-19(31(21)39)16-23(26)33/h15-17H,1-14H2,(H-,40,41,42,43)/p+1. The first kappa shape index (κ1) is 28.0. The van der Waals surface area contributed by atoms with Gasteiger partial charge in [-0.05, 0) is 75.1 Å². The molecule has 0 fully saturated rings. The van der Waals surface area contributed by atoms with Crippen LogP contribution in [0.25, 0.3) is 5.57 Å². The van der Waals surface area contributed by atoms with Crippen molar-refractivity contribution in [2.45, 2.75) is 64.2 Å². The number of hydrogen-bond acceptors (Lipinski definition) is 4. The van der Waals surface area contributed by atoms with Gasteiger partial charge in [-0.2, -0.15) is 0 Å². The van der Waals surface area contributed by atoms with Crippen LogP contribution in [0.5, 0.6) is 11.5 Å². The second-order valence-electron chi connectivity index (χ2n) is 12.6. The Bertz CT molecular complexity index is 1950. The molecule has 9 heteroatoms. The van der Waals surface area contributed by atoms with Crippen molar-refractivity contribution < 1.29 is 24.5 Å². The summed E-state index contributed by atoms with van der Waals surface area (Å²) in [6.45, 7) is 4.06. The molecule has 5 aliphatic rings. The third kappa shape index (κ3) is 4.12. The van der Waals surface area contributed by atoms with Gasteiger partial charge in [-0.1, -0.05) is 23.2 Å². The summed E-state index contributed by atoms with van der Waals surface area (Å²) in [6.07, 6.45) is 9.99. The van der Waals surface area contributed by atoms with Gasteiger partial charge in [0.2, 0.25) is 5.36 Å². The van der Waals surface area contributed by atoms with Crippen LogP contribution in [0.3, 0.4) is 0 Å². The lowest BCUT2D eigenvalue weighted by atomic mass is 9.82. The van der Waals surface area contributed by atoms with E-state index in [0.717, 1.165) is 113 Å². The highest BCUT2D eigenvalue weighted by molar-refractivity contribution is 6.40. The zero-order chi connectivity index (χ0) is 30.3. The number of rotatable bonds is 3. The number of halogens is 2. The number of fused-ring (bicyclic) bond motifs is 4. The fourth-order valence-corrected chi connectivity index (χ4v) is 8.93. The number of carboxylic acids is 2. The maximum Gasteiger partial charge on any atom is 0.337 e. The lowest BCUT2D eigenvalue weighted by Gasteiger charge is -2.36. The summed E-state index contributed by atoms with van der Waals surface area (Å²) in [5.74, 6) is -1.11. The molecule has 0 radical (unpaired) electrons. The SMILES string of the molecule is O=C(O)c1cc(Cl)c(C2=c3cc4c5c(c3Oc3c2cc2c6c3CCCN6CCCC2)CCC[N+]=5CCCC4)c(C(=O)O)c1Cl. The lowest BCUT2D eigenvalue weighted by Crippen LogP contribution is -2.41. The molecule has 2 N–H and O–H groups in total. The quantitative estimate of drug-likeness (QED) is 0.286. The first-order valence-corrected chi connectivity index (χ1v) is 16.5. The molecule has 44 heavy (non-hydrogen) atoms. The smallest absolute Gasteiger partial charge is 0.337 e. The molecule has 0 spiro atoms. The average molecular weight is 633 g/mol. The monoisotopic (exact) mass is 631 g/mol. The topological polar surface area (TPSA) is 90.1 Å². The third-order valence-electron chi connectivity index (χ3n) is 10.1. The Kier molecular flexibility index (Phi) is 6.69. The summed E-state index contributed by atoms with van der Waals surface area (Å²) >= 11 is 13.6. The molecule has 7 nitrogen and oxygen atoms in total. The maximum absolute atomic E-state index is 12.9. The van der Waals surface area contributed by atoms with Gasteiger partial charge in [0.15, 0.2) is 0 Å². The molecular formula is C35H33Cl2N2O5+. The summed E-state index contributed by atoms with van der Waals surface area (Å²) < 4.78 is 9.59. The van der Waals surface area contributed by atoms with Crippen molar-refractivity contribution in [3.63, 3.8) is 0 Å². The molecule has 226 valence electrons. The predicted molar refractivity (Wildman–Crippen MR) is 170 cm³/mol. The highest BCUT2D eigenvalue weighted by Gasteiger charge is 2.37. The molecule has 8 rings (SSSR count). The largest absolute Gasteiger partial charge is 0.478 e. The Labute approximate surface area is 265 Å². The van der Waals surface area contributed by atoms with Gasteiger partial charge in [0.05, 0.1) is 26.7 Å². The van der Waals surface area contributed by atoms with Crippen LogP contribution >= 0.6 is 23.2 Å². The van der Waals surface area contributed by atoms with Crippen LogP contribution in [0.1, 0.15) is 92.6 Å². The summed E-state index contributed by atoms with van der Waals surface area (Å²) in [7, 11) is 0. The van der Waals surface area contributed by atoms with E-state index in [1.165, 1.54) is 39.4 Å². The lowest BCUT2D eigenvalue weighted by molar-refractivity contribution is 0.0695. The highest BCUT2D eigenvalue weighted by Crippen LogP contribution is 2.50. The van der Waals surface area contributed by atoms with Crippen LogP contribution in [0.4, 0.5) is 5.69 Å². The van der Waals surface area contributed by atoms with Crippen LogP contribution in [0.15, 0.2) is 18.2 Å². The van der Waals surface area contributed by atoms with Crippen LogP contribution < -0.4 is 24.8 Å². The molecule has 0 bridgehead atoms. The fraction of sp³-hybridized carbons (Fsp3) is 0.400. The van der Waals surface area contributed by atoms with E-state index in [1.54, 1.807) is 0 Å². The minimum absolute atomic E-state index is 0.0495. The van der Waals surface area contributed by atoms with Crippen molar-refractivity contribution in [2.24, 2.45) is 0 Å². The van der Waals surface area contributed by atoms with Gasteiger partial charge in [0.25, 0.3) is 0 Å². The molecule has 5 heterocycles. The zero-order valence-electron chi connectivity index (χ0n) is 24.4. The normalized spacial score (nSPS) is 18.3. The molecule has 0 saturated carbocycles. The third-order valence-corrected chi connectivity index (χ3v) is 10.8. The molecule has 0 aromatic heterocycles. The van der Waals surface area contributed by atoms with Gasteiger partial charge >= 0.3 is 11.9 Å². The van der Waals surface area contributed by atoms with Crippen molar-refractivity contribution in [1.29, 1.82) is 0 Å². The average Bonchev–Trinajstić information content (AvgIpc) is 3.35. The summed E-state index contributed by atoms with van der Waals surface area (Å²) in [6, 6.07) is 5.65. The van der Waals surface area contributed by atoms with E-state index in [-0.39, 0.29) is 26.7 Å². The molecule has 0 atom stereocenters. The van der Waals surface area contributed by atoms with Crippen molar-refractivity contribution in [1.82, 2.24) is 4.58 Å². The number of aromatic carboxylic acids is 2. The zero-order valence-corrected chi connectivity index (χ0v) is 25.9. The Balaban J connectivity index is 1.57. The van der Waals surface area contributed by atoms with E-state index in [2.05, 4.69) is 21.6 Å². The van der Waals surface area contributed by atoms with E-state index in [0.29, 0.717) is 5.57 Å². The van der Waals surface area contributed by atoms with Gasteiger partial charge in [-0.3, -0.25) is 0 Å². The number of anilines is 1. The first-order valence-electron chi connectivity index (χ1n) is 15.8. The molecular weight excluding hydrogens is 599 g/mol.